The summed E-state index contributed by atoms with van der Waals surface area (Å²) in [6.07, 6.45) is -0.0455. The van der Waals surface area contributed by atoms with E-state index in [4.69, 9.17) is 4.74 Å². The molecule has 0 bridgehead atoms. The summed E-state index contributed by atoms with van der Waals surface area (Å²) in [6, 6.07) is 3.51. The van der Waals surface area contributed by atoms with E-state index in [2.05, 4.69) is 19.2 Å². The Balaban J connectivity index is 3.26. The molecule has 0 aliphatic rings. The standard InChI is InChI=1S/C16H26FNO/c1-7-18-15(16(19-6)10(2)3)14-12(5)8-11(4)9-13(14)17/h8-10,15-16,18H,7H2,1-6H3. The van der Waals surface area contributed by atoms with E-state index in [1.165, 1.54) is 0 Å². The molecule has 0 fully saturated rings. The second kappa shape index (κ2) is 7.01. The molecule has 1 N–H and O–H groups in total. The molecule has 2 atom stereocenters. The number of hydrogen-bond donors (Lipinski definition) is 1. The van der Waals surface area contributed by atoms with Crippen LogP contribution in [0.4, 0.5) is 4.39 Å². The first kappa shape index (κ1) is 16.1. The van der Waals surface area contributed by atoms with Gasteiger partial charge in [0.25, 0.3) is 0 Å². The number of methoxy groups -OCH3 is 1. The van der Waals surface area contributed by atoms with Gasteiger partial charge in [0.2, 0.25) is 0 Å². The van der Waals surface area contributed by atoms with Crippen molar-refractivity contribution in [2.24, 2.45) is 5.92 Å². The zero-order chi connectivity index (χ0) is 14.6. The maximum absolute atomic E-state index is 14.3. The molecule has 3 heteroatoms. The zero-order valence-corrected chi connectivity index (χ0v) is 12.9. The Morgan fingerprint density at radius 1 is 1.26 bits per heavy atom. The molecule has 0 radical (unpaired) electrons. The SMILES string of the molecule is CCNC(c1c(C)cc(C)cc1F)C(OC)C(C)C. The van der Waals surface area contributed by atoms with Crippen LogP contribution in [0.15, 0.2) is 12.1 Å². The van der Waals surface area contributed by atoms with E-state index < -0.39 is 0 Å². The maximum Gasteiger partial charge on any atom is 0.128 e. The molecule has 0 aliphatic carbocycles. The first-order chi connectivity index (χ1) is 8.92. The van der Waals surface area contributed by atoms with Gasteiger partial charge in [-0.3, -0.25) is 0 Å². The van der Waals surface area contributed by atoms with Gasteiger partial charge >= 0.3 is 0 Å². The third-order valence-corrected chi connectivity index (χ3v) is 3.47. The smallest absolute Gasteiger partial charge is 0.128 e. The molecule has 0 saturated carbocycles. The number of aryl methyl sites for hydroxylation is 2. The Labute approximate surface area is 116 Å². The lowest BCUT2D eigenvalue weighted by Crippen LogP contribution is -2.37. The summed E-state index contributed by atoms with van der Waals surface area (Å²) in [5.41, 5.74) is 2.66. The first-order valence-electron chi connectivity index (χ1n) is 6.95. The van der Waals surface area contributed by atoms with Crippen molar-refractivity contribution in [3.63, 3.8) is 0 Å². The molecular formula is C16H26FNO. The van der Waals surface area contributed by atoms with Gasteiger partial charge in [-0.2, -0.15) is 0 Å². The summed E-state index contributed by atoms with van der Waals surface area (Å²) in [4.78, 5) is 0. The molecule has 1 aromatic rings. The molecule has 0 saturated heterocycles. The van der Waals surface area contributed by atoms with E-state index in [1.54, 1.807) is 13.2 Å². The summed E-state index contributed by atoms with van der Waals surface area (Å²) in [5.74, 6) is 0.167. The molecular weight excluding hydrogens is 241 g/mol. The maximum atomic E-state index is 14.3. The summed E-state index contributed by atoms with van der Waals surface area (Å²) in [5, 5.41) is 3.37. The first-order valence-corrected chi connectivity index (χ1v) is 6.95. The largest absolute Gasteiger partial charge is 0.379 e. The number of halogens is 1. The lowest BCUT2D eigenvalue weighted by atomic mass is 9.89. The van der Waals surface area contributed by atoms with Crippen LogP contribution in [0.1, 0.15) is 43.5 Å². The van der Waals surface area contributed by atoms with Crippen LogP contribution >= 0.6 is 0 Å². The minimum absolute atomic E-state index is 0.0455. The molecule has 0 aliphatic heterocycles. The number of benzene rings is 1. The fourth-order valence-corrected chi connectivity index (χ4v) is 2.72. The van der Waals surface area contributed by atoms with Crippen molar-refractivity contribution in [3.05, 3.63) is 34.6 Å². The van der Waals surface area contributed by atoms with Crippen LogP contribution in [-0.2, 0) is 4.74 Å². The van der Waals surface area contributed by atoms with E-state index in [0.29, 0.717) is 5.92 Å². The molecule has 0 heterocycles. The van der Waals surface area contributed by atoms with Crippen LogP contribution in [-0.4, -0.2) is 19.8 Å². The third kappa shape index (κ3) is 3.77. The van der Waals surface area contributed by atoms with Gasteiger partial charge in [-0.15, -0.1) is 0 Å². The molecule has 0 aromatic heterocycles. The molecule has 19 heavy (non-hydrogen) atoms. The Morgan fingerprint density at radius 2 is 1.89 bits per heavy atom. The third-order valence-electron chi connectivity index (χ3n) is 3.47. The van der Waals surface area contributed by atoms with Crippen LogP contribution in [0, 0.1) is 25.6 Å². The second-order valence-corrected chi connectivity index (χ2v) is 5.46. The van der Waals surface area contributed by atoms with Crippen molar-refractivity contribution in [2.45, 2.75) is 46.8 Å². The molecule has 0 amide bonds. The van der Waals surface area contributed by atoms with Crippen LogP contribution in [0.3, 0.4) is 0 Å². The van der Waals surface area contributed by atoms with Crippen molar-refractivity contribution in [2.75, 3.05) is 13.7 Å². The quantitative estimate of drug-likeness (QED) is 0.847. The number of likely N-dealkylation sites (N-methyl/N-ethyl adjacent to an activating group) is 1. The number of ether oxygens (including phenoxy) is 1. The highest BCUT2D eigenvalue weighted by Gasteiger charge is 2.28. The molecule has 1 aromatic carbocycles. The van der Waals surface area contributed by atoms with Gasteiger partial charge < -0.3 is 10.1 Å². The number of rotatable bonds is 6. The summed E-state index contributed by atoms with van der Waals surface area (Å²) in [6.45, 7) is 10.9. The van der Waals surface area contributed by atoms with E-state index in [0.717, 1.165) is 23.2 Å². The van der Waals surface area contributed by atoms with Crippen LogP contribution in [0.25, 0.3) is 0 Å². The van der Waals surface area contributed by atoms with Crippen molar-refractivity contribution >= 4 is 0 Å². The lowest BCUT2D eigenvalue weighted by molar-refractivity contribution is 0.0319. The Morgan fingerprint density at radius 3 is 2.32 bits per heavy atom. The van der Waals surface area contributed by atoms with Crippen molar-refractivity contribution < 1.29 is 9.13 Å². The fraction of sp³-hybridized carbons (Fsp3) is 0.625. The highest BCUT2D eigenvalue weighted by molar-refractivity contribution is 5.35. The van der Waals surface area contributed by atoms with Gasteiger partial charge in [-0.1, -0.05) is 26.8 Å². The molecule has 0 spiro atoms. The average Bonchev–Trinajstić information content (AvgIpc) is 2.27. The Bertz CT molecular complexity index is 394. The van der Waals surface area contributed by atoms with E-state index in [1.807, 2.05) is 26.8 Å². The van der Waals surface area contributed by atoms with Gasteiger partial charge in [-0.25, -0.2) is 4.39 Å². The molecule has 108 valence electrons. The van der Waals surface area contributed by atoms with E-state index in [-0.39, 0.29) is 18.0 Å². The van der Waals surface area contributed by atoms with E-state index >= 15 is 0 Å². The summed E-state index contributed by atoms with van der Waals surface area (Å²) >= 11 is 0. The van der Waals surface area contributed by atoms with Gasteiger partial charge in [0.1, 0.15) is 5.82 Å². The normalized spacial score (nSPS) is 14.7. The molecule has 2 unspecified atom stereocenters. The topological polar surface area (TPSA) is 21.3 Å². The van der Waals surface area contributed by atoms with Gasteiger partial charge in [0.15, 0.2) is 0 Å². The lowest BCUT2D eigenvalue weighted by Gasteiger charge is -2.31. The van der Waals surface area contributed by atoms with Crippen molar-refractivity contribution in [1.29, 1.82) is 0 Å². The van der Waals surface area contributed by atoms with Crippen molar-refractivity contribution in [1.82, 2.24) is 5.32 Å². The average molecular weight is 267 g/mol. The second-order valence-electron chi connectivity index (χ2n) is 5.46. The monoisotopic (exact) mass is 267 g/mol. The van der Waals surface area contributed by atoms with Gasteiger partial charge in [-0.05, 0) is 43.5 Å². The molecule has 2 nitrogen and oxygen atoms in total. The van der Waals surface area contributed by atoms with Gasteiger partial charge in [0.05, 0.1) is 12.1 Å². The van der Waals surface area contributed by atoms with Crippen LogP contribution in [0.5, 0.6) is 0 Å². The van der Waals surface area contributed by atoms with Crippen LogP contribution < -0.4 is 5.32 Å². The summed E-state index contributed by atoms with van der Waals surface area (Å²) < 4.78 is 19.9. The fourth-order valence-electron chi connectivity index (χ4n) is 2.72. The number of hydrogen-bond acceptors (Lipinski definition) is 2. The highest BCUT2D eigenvalue weighted by Crippen LogP contribution is 2.29. The predicted molar refractivity (Wildman–Crippen MR) is 77.9 cm³/mol. The number of nitrogens with one attached hydrogen (secondary N) is 1. The van der Waals surface area contributed by atoms with Crippen molar-refractivity contribution in [3.8, 4) is 0 Å². The Hall–Kier alpha value is -0.930. The van der Waals surface area contributed by atoms with Gasteiger partial charge in [0, 0.05) is 12.7 Å². The van der Waals surface area contributed by atoms with Crippen LogP contribution in [0.2, 0.25) is 0 Å². The predicted octanol–water partition coefficient (Wildman–Crippen LogP) is 3.76. The minimum atomic E-state index is -0.147. The Kier molecular flexibility index (Phi) is 5.95. The molecule has 1 rings (SSSR count). The minimum Gasteiger partial charge on any atom is -0.379 e. The highest BCUT2D eigenvalue weighted by atomic mass is 19.1. The zero-order valence-electron chi connectivity index (χ0n) is 12.9. The van der Waals surface area contributed by atoms with E-state index in [9.17, 15) is 4.39 Å². The summed E-state index contributed by atoms with van der Waals surface area (Å²) in [7, 11) is 1.69.